The molecule has 0 aliphatic heterocycles. The summed E-state index contributed by atoms with van der Waals surface area (Å²) in [5.74, 6) is 1.41. The van der Waals surface area contributed by atoms with Gasteiger partial charge in [-0.15, -0.1) is 0 Å². The number of nitrogens with one attached hydrogen (secondary N) is 2. The highest BCUT2D eigenvalue weighted by Crippen LogP contribution is 2.10. The highest BCUT2D eigenvalue weighted by atomic mass is 15.1. The van der Waals surface area contributed by atoms with Crippen molar-refractivity contribution >= 4 is 11.8 Å². The average molecular weight is 305 g/mol. The lowest BCUT2D eigenvalue weighted by molar-refractivity contribution is 1.03. The summed E-state index contributed by atoms with van der Waals surface area (Å²) in [5, 5.41) is 6.53. The van der Waals surface area contributed by atoms with E-state index in [0.717, 1.165) is 11.4 Å². The van der Waals surface area contributed by atoms with Crippen LogP contribution in [0.4, 0.5) is 11.8 Å². The molecule has 0 fully saturated rings. The largest absolute Gasteiger partial charge is 0.366 e. The minimum Gasteiger partial charge on any atom is -0.366 e. The van der Waals surface area contributed by atoms with Crippen LogP contribution >= 0.6 is 0 Å². The molecule has 0 saturated carbocycles. The van der Waals surface area contributed by atoms with Gasteiger partial charge in [-0.2, -0.15) is 4.98 Å². The van der Waals surface area contributed by atoms with Crippen LogP contribution < -0.4 is 10.6 Å². The van der Waals surface area contributed by atoms with E-state index in [1.807, 2.05) is 18.2 Å². The number of hydrogen-bond donors (Lipinski definition) is 2. The van der Waals surface area contributed by atoms with Crippen molar-refractivity contribution in [1.82, 2.24) is 15.0 Å². The summed E-state index contributed by atoms with van der Waals surface area (Å²) in [7, 11) is 0. The Labute approximate surface area is 135 Å². The number of aromatic nitrogens is 3. The predicted molar refractivity (Wildman–Crippen MR) is 92.1 cm³/mol. The summed E-state index contributed by atoms with van der Waals surface area (Å²) in [5.41, 5.74) is 3.62. The Balaban J connectivity index is 1.57. The van der Waals surface area contributed by atoms with Gasteiger partial charge < -0.3 is 10.6 Å². The van der Waals surface area contributed by atoms with Gasteiger partial charge >= 0.3 is 0 Å². The molecule has 2 heterocycles. The topological polar surface area (TPSA) is 62.7 Å². The van der Waals surface area contributed by atoms with Crippen LogP contribution in [0, 0.1) is 6.92 Å². The molecule has 2 aromatic heterocycles. The number of hydrogen-bond acceptors (Lipinski definition) is 5. The minimum atomic E-state index is 0.616. The van der Waals surface area contributed by atoms with E-state index in [4.69, 9.17) is 0 Å². The molecule has 2 N–H and O–H groups in total. The number of aryl methyl sites for hydroxylation is 1. The van der Waals surface area contributed by atoms with Crippen molar-refractivity contribution in [1.29, 1.82) is 0 Å². The number of nitrogens with zero attached hydrogens (tertiary/aromatic N) is 3. The van der Waals surface area contributed by atoms with Crippen molar-refractivity contribution in [2.24, 2.45) is 0 Å². The molecule has 0 aliphatic rings. The third kappa shape index (κ3) is 4.51. The molecule has 0 amide bonds. The van der Waals surface area contributed by atoms with Gasteiger partial charge in [0.2, 0.25) is 5.95 Å². The Bertz CT molecular complexity index is 741. The fraction of sp³-hybridized carbons (Fsp3) is 0.167. The van der Waals surface area contributed by atoms with Crippen LogP contribution in [-0.2, 0) is 13.1 Å². The number of anilines is 2. The monoisotopic (exact) mass is 305 g/mol. The van der Waals surface area contributed by atoms with Crippen molar-refractivity contribution in [3.63, 3.8) is 0 Å². The van der Waals surface area contributed by atoms with Gasteiger partial charge in [0.15, 0.2) is 0 Å². The molecule has 5 heteroatoms. The Morgan fingerprint density at radius 1 is 0.783 bits per heavy atom. The predicted octanol–water partition coefficient (Wildman–Crippen LogP) is 3.40. The highest BCUT2D eigenvalue weighted by molar-refractivity contribution is 5.40. The standard InChI is InChI=1S/C18H19N5/c1-14-2-4-15(5-3-14)13-22-18-20-11-8-17(23-18)21-12-16-6-9-19-10-7-16/h2-11H,12-13H2,1H3,(H2,20,21,22,23). The molecule has 116 valence electrons. The summed E-state index contributed by atoms with van der Waals surface area (Å²) < 4.78 is 0. The zero-order chi connectivity index (χ0) is 15.9. The number of pyridine rings is 1. The van der Waals surface area contributed by atoms with E-state index in [2.05, 4.69) is 56.8 Å². The Kier molecular flexibility index (Phi) is 4.79. The summed E-state index contributed by atoms with van der Waals surface area (Å²) in [6, 6.07) is 14.2. The first kappa shape index (κ1) is 15.0. The molecule has 3 aromatic rings. The third-order valence-corrected chi connectivity index (χ3v) is 3.45. The minimum absolute atomic E-state index is 0.616. The normalized spacial score (nSPS) is 10.3. The Hall–Kier alpha value is -2.95. The smallest absolute Gasteiger partial charge is 0.224 e. The molecule has 0 spiro atoms. The summed E-state index contributed by atoms with van der Waals surface area (Å²) >= 11 is 0. The summed E-state index contributed by atoms with van der Waals surface area (Å²) in [6.45, 7) is 3.49. The van der Waals surface area contributed by atoms with E-state index in [1.165, 1.54) is 11.1 Å². The second kappa shape index (κ2) is 7.35. The molecular formula is C18H19N5. The molecule has 0 atom stereocenters. The highest BCUT2D eigenvalue weighted by Gasteiger charge is 2.00. The van der Waals surface area contributed by atoms with Gasteiger partial charge in [-0.1, -0.05) is 29.8 Å². The number of benzene rings is 1. The molecule has 0 unspecified atom stereocenters. The second-order valence-electron chi connectivity index (χ2n) is 5.31. The Morgan fingerprint density at radius 3 is 2.26 bits per heavy atom. The van der Waals surface area contributed by atoms with Crippen molar-refractivity contribution in [2.75, 3.05) is 10.6 Å². The van der Waals surface area contributed by atoms with Crippen LogP contribution in [0.3, 0.4) is 0 Å². The van der Waals surface area contributed by atoms with E-state index >= 15 is 0 Å². The maximum Gasteiger partial charge on any atom is 0.224 e. The summed E-state index contributed by atoms with van der Waals surface area (Å²) in [4.78, 5) is 12.7. The number of rotatable bonds is 6. The maximum absolute atomic E-state index is 4.47. The molecule has 1 aromatic carbocycles. The second-order valence-corrected chi connectivity index (χ2v) is 5.31. The van der Waals surface area contributed by atoms with Gasteiger partial charge in [0.25, 0.3) is 0 Å². The fourth-order valence-corrected chi connectivity index (χ4v) is 2.12. The van der Waals surface area contributed by atoms with Crippen LogP contribution in [0.15, 0.2) is 61.1 Å². The van der Waals surface area contributed by atoms with Gasteiger partial charge in [-0.05, 0) is 36.2 Å². The van der Waals surface area contributed by atoms with Gasteiger partial charge in [-0.25, -0.2) is 4.98 Å². The first-order valence-electron chi connectivity index (χ1n) is 7.55. The third-order valence-electron chi connectivity index (χ3n) is 3.45. The van der Waals surface area contributed by atoms with Crippen LogP contribution in [0.1, 0.15) is 16.7 Å². The molecule has 23 heavy (non-hydrogen) atoms. The molecule has 3 rings (SSSR count). The van der Waals surface area contributed by atoms with Crippen molar-refractivity contribution in [3.8, 4) is 0 Å². The first-order chi connectivity index (χ1) is 11.3. The summed E-state index contributed by atoms with van der Waals surface area (Å²) in [6.07, 6.45) is 5.32. The van der Waals surface area contributed by atoms with Gasteiger partial charge in [0.1, 0.15) is 5.82 Å². The van der Waals surface area contributed by atoms with E-state index in [9.17, 15) is 0 Å². The molecule has 0 bridgehead atoms. The van der Waals surface area contributed by atoms with Crippen LogP contribution in [-0.4, -0.2) is 15.0 Å². The molecule has 5 nitrogen and oxygen atoms in total. The van der Waals surface area contributed by atoms with Gasteiger partial charge in [0.05, 0.1) is 0 Å². The lowest BCUT2D eigenvalue weighted by Gasteiger charge is -2.08. The molecule has 0 aliphatic carbocycles. The zero-order valence-electron chi connectivity index (χ0n) is 13.0. The quantitative estimate of drug-likeness (QED) is 0.731. The molecular weight excluding hydrogens is 286 g/mol. The van der Waals surface area contributed by atoms with E-state index in [0.29, 0.717) is 19.0 Å². The lowest BCUT2D eigenvalue weighted by Crippen LogP contribution is -2.06. The van der Waals surface area contributed by atoms with Crippen molar-refractivity contribution in [3.05, 3.63) is 77.7 Å². The molecule has 0 saturated heterocycles. The van der Waals surface area contributed by atoms with Gasteiger partial charge in [-0.3, -0.25) is 4.98 Å². The van der Waals surface area contributed by atoms with Crippen LogP contribution in [0.25, 0.3) is 0 Å². The van der Waals surface area contributed by atoms with Crippen molar-refractivity contribution < 1.29 is 0 Å². The van der Waals surface area contributed by atoms with E-state index in [-0.39, 0.29) is 0 Å². The van der Waals surface area contributed by atoms with E-state index in [1.54, 1.807) is 18.6 Å². The van der Waals surface area contributed by atoms with E-state index < -0.39 is 0 Å². The Morgan fingerprint density at radius 2 is 1.48 bits per heavy atom. The zero-order valence-corrected chi connectivity index (χ0v) is 13.0. The van der Waals surface area contributed by atoms with Gasteiger partial charge in [0, 0.05) is 31.7 Å². The van der Waals surface area contributed by atoms with Crippen LogP contribution in [0.2, 0.25) is 0 Å². The fourth-order valence-electron chi connectivity index (χ4n) is 2.12. The molecule has 0 radical (unpaired) electrons. The SMILES string of the molecule is Cc1ccc(CNc2nccc(NCc3ccncc3)n2)cc1. The van der Waals surface area contributed by atoms with Crippen molar-refractivity contribution in [2.45, 2.75) is 20.0 Å². The average Bonchev–Trinajstić information content (AvgIpc) is 2.61. The van der Waals surface area contributed by atoms with Crippen LogP contribution in [0.5, 0.6) is 0 Å². The first-order valence-corrected chi connectivity index (χ1v) is 7.55. The maximum atomic E-state index is 4.47. The lowest BCUT2D eigenvalue weighted by atomic mass is 10.1.